The molecule has 0 saturated carbocycles. The van der Waals surface area contributed by atoms with Crippen LogP contribution in [0, 0.1) is 0 Å². The van der Waals surface area contributed by atoms with Crippen molar-refractivity contribution in [2.45, 2.75) is 13.1 Å². The van der Waals surface area contributed by atoms with E-state index in [-0.39, 0.29) is 5.75 Å². The summed E-state index contributed by atoms with van der Waals surface area (Å²) >= 11 is 0. The lowest BCUT2D eigenvalue weighted by Crippen LogP contribution is -3.12. The number of benzene rings is 2. The highest BCUT2D eigenvalue weighted by Gasteiger charge is 2.13. The summed E-state index contributed by atoms with van der Waals surface area (Å²) in [5, 5.41) is 10.1. The average molecular weight is 341 g/mol. The monoisotopic (exact) mass is 341 g/mol. The molecule has 1 saturated heterocycles. The summed E-state index contributed by atoms with van der Waals surface area (Å²) in [5.74, 6) is 0.580. The number of nitrogens with zero attached hydrogens (tertiary/aromatic N) is 1. The van der Waals surface area contributed by atoms with Gasteiger partial charge in [-0.2, -0.15) is 0 Å². The van der Waals surface area contributed by atoms with Gasteiger partial charge in [0.1, 0.15) is 19.6 Å². The van der Waals surface area contributed by atoms with Crippen LogP contribution < -0.4 is 9.64 Å². The molecule has 0 amide bonds. The maximum Gasteiger partial charge on any atom is 0.166 e. The Balaban J connectivity index is 1.56. The summed E-state index contributed by atoms with van der Waals surface area (Å²) in [4.78, 5) is 6.01. The lowest BCUT2D eigenvalue weighted by molar-refractivity contribution is -0.921. The van der Waals surface area contributed by atoms with E-state index in [1.165, 1.54) is 12.7 Å². The topological polar surface area (TPSA) is 55.5 Å². The van der Waals surface area contributed by atoms with Crippen LogP contribution in [0.4, 0.5) is 0 Å². The zero-order valence-electron chi connectivity index (χ0n) is 14.6. The summed E-state index contributed by atoms with van der Waals surface area (Å²) in [6, 6.07) is 14.0. The second kappa shape index (κ2) is 8.65. The van der Waals surface area contributed by atoms with Crippen LogP contribution in [0.3, 0.4) is 0 Å². The number of aromatic hydroxyl groups is 1. The van der Waals surface area contributed by atoms with Crippen molar-refractivity contribution in [3.05, 3.63) is 59.2 Å². The van der Waals surface area contributed by atoms with Gasteiger partial charge in [0.05, 0.1) is 26.9 Å². The van der Waals surface area contributed by atoms with E-state index in [0.717, 1.165) is 38.4 Å². The molecule has 25 heavy (non-hydrogen) atoms. The van der Waals surface area contributed by atoms with Gasteiger partial charge in [0.2, 0.25) is 0 Å². The Labute approximate surface area is 148 Å². The lowest BCUT2D eigenvalue weighted by Gasteiger charge is -2.23. The van der Waals surface area contributed by atoms with Crippen LogP contribution in [0.15, 0.2) is 47.5 Å². The van der Waals surface area contributed by atoms with E-state index >= 15 is 0 Å². The standard InChI is InChI=1S/C20H24N2O3/c1-24-19-4-2-3-18(20(19)23)14-21-13-16-5-7-17(8-6-16)15-22-9-11-25-12-10-22/h2-8,14,23H,9-13,15H2,1H3/p+1. The minimum absolute atomic E-state index is 0.123. The zero-order chi connectivity index (χ0) is 17.5. The predicted octanol–water partition coefficient (Wildman–Crippen LogP) is 1.43. The Hall–Kier alpha value is -2.37. The second-order valence-electron chi connectivity index (χ2n) is 6.22. The molecule has 1 fully saturated rings. The Kier molecular flexibility index (Phi) is 6.04. The molecule has 1 aliphatic rings. The molecule has 0 aromatic heterocycles. The van der Waals surface area contributed by atoms with E-state index in [4.69, 9.17) is 9.47 Å². The van der Waals surface area contributed by atoms with Gasteiger partial charge in [-0.1, -0.05) is 30.3 Å². The number of phenols is 1. The minimum Gasteiger partial charge on any atom is -0.504 e. The number of morpholine rings is 1. The van der Waals surface area contributed by atoms with Gasteiger partial charge in [-0.25, -0.2) is 0 Å². The van der Waals surface area contributed by atoms with E-state index < -0.39 is 0 Å². The molecular formula is C20H25N2O3+. The Morgan fingerprint density at radius 3 is 2.56 bits per heavy atom. The highest BCUT2D eigenvalue weighted by Crippen LogP contribution is 2.28. The summed E-state index contributed by atoms with van der Waals surface area (Å²) in [7, 11) is 1.54. The summed E-state index contributed by atoms with van der Waals surface area (Å²) in [5.41, 5.74) is 3.15. The number of methoxy groups -OCH3 is 1. The first kappa shape index (κ1) is 17.5. The van der Waals surface area contributed by atoms with Crippen molar-refractivity contribution < 1.29 is 19.5 Å². The van der Waals surface area contributed by atoms with Gasteiger partial charge in [-0.15, -0.1) is 0 Å². The number of quaternary nitrogens is 1. The van der Waals surface area contributed by atoms with Crippen LogP contribution in [0.5, 0.6) is 11.5 Å². The van der Waals surface area contributed by atoms with Gasteiger partial charge >= 0.3 is 0 Å². The maximum absolute atomic E-state index is 10.1. The number of ether oxygens (including phenoxy) is 2. The SMILES string of the molecule is COc1cccc(C=NCc2ccc(C[NH+]3CCOCC3)cc2)c1O. The molecule has 2 aromatic carbocycles. The fourth-order valence-electron chi connectivity index (χ4n) is 2.95. The number of hydrogen-bond acceptors (Lipinski definition) is 4. The van der Waals surface area contributed by atoms with Gasteiger partial charge in [0.15, 0.2) is 11.5 Å². The van der Waals surface area contributed by atoms with E-state index in [1.807, 2.05) is 12.1 Å². The summed E-state index contributed by atoms with van der Waals surface area (Å²) in [6.07, 6.45) is 1.68. The van der Waals surface area contributed by atoms with Crippen LogP contribution in [0.25, 0.3) is 0 Å². The number of hydrogen-bond donors (Lipinski definition) is 2. The number of phenolic OH excluding ortho intramolecular Hbond substituents is 1. The molecule has 0 radical (unpaired) electrons. The number of aliphatic imine (C=N–C) groups is 1. The van der Waals surface area contributed by atoms with Crippen LogP contribution in [0.1, 0.15) is 16.7 Å². The smallest absolute Gasteiger partial charge is 0.166 e. The summed E-state index contributed by atoms with van der Waals surface area (Å²) < 4.78 is 10.5. The quantitative estimate of drug-likeness (QED) is 0.782. The molecule has 1 aliphatic heterocycles. The molecule has 132 valence electrons. The molecule has 1 heterocycles. The third kappa shape index (κ3) is 4.81. The Morgan fingerprint density at radius 2 is 1.84 bits per heavy atom. The highest BCUT2D eigenvalue weighted by molar-refractivity contribution is 5.84. The third-order valence-electron chi connectivity index (χ3n) is 4.43. The van der Waals surface area contributed by atoms with Crippen LogP contribution in [-0.2, 0) is 17.8 Å². The Bertz CT molecular complexity index is 707. The van der Waals surface area contributed by atoms with E-state index in [1.54, 1.807) is 17.2 Å². The molecule has 0 unspecified atom stereocenters. The first-order valence-corrected chi connectivity index (χ1v) is 8.61. The molecule has 3 rings (SSSR count). The van der Waals surface area contributed by atoms with E-state index in [0.29, 0.717) is 17.9 Å². The fourth-order valence-corrected chi connectivity index (χ4v) is 2.95. The predicted molar refractivity (Wildman–Crippen MR) is 97.6 cm³/mol. The molecule has 5 heteroatoms. The molecule has 5 nitrogen and oxygen atoms in total. The van der Waals surface area contributed by atoms with Crippen molar-refractivity contribution in [1.29, 1.82) is 0 Å². The van der Waals surface area contributed by atoms with Crippen LogP contribution >= 0.6 is 0 Å². The minimum atomic E-state index is 0.123. The van der Waals surface area contributed by atoms with Crippen molar-refractivity contribution >= 4 is 6.21 Å². The number of para-hydroxylation sites is 1. The molecule has 2 aromatic rings. The molecule has 0 atom stereocenters. The van der Waals surface area contributed by atoms with E-state index in [2.05, 4.69) is 29.3 Å². The van der Waals surface area contributed by atoms with Gasteiger partial charge in [-0.05, 0) is 17.7 Å². The van der Waals surface area contributed by atoms with Gasteiger partial charge in [0, 0.05) is 17.3 Å². The van der Waals surface area contributed by atoms with E-state index in [9.17, 15) is 5.11 Å². The van der Waals surface area contributed by atoms with Crippen molar-refractivity contribution in [3.8, 4) is 11.5 Å². The molecule has 2 N–H and O–H groups in total. The molecule has 0 spiro atoms. The third-order valence-corrected chi connectivity index (χ3v) is 4.43. The average Bonchev–Trinajstić information content (AvgIpc) is 2.65. The normalized spacial score (nSPS) is 15.6. The molecule has 0 aliphatic carbocycles. The van der Waals surface area contributed by atoms with Crippen LogP contribution in [-0.4, -0.2) is 44.7 Å². The second-order valence-corrected chi connectivity index (χ2v) is 6.22. The molecule has 0 bridgehead atoms. The van der Waals surface area contributed by atoms with Gasteiger partial charge in [-0.3, -0.25) is 4.99 Å². The number of nitrogens with one attached hydrogen (secondary N) is 1. The van der Waals surface area contributed by atoms with Crippen molar-refractivity contribution in [2.24, 2.45) is 4.99 Å². The largest absolute Gasteiger partial charge is 0.504 e. The fraction of sp³-hybridized carbons (Fsp3) is 0.350. The molecular weight excluding hydrogens is 316 g/mol. The maximum atomic E-state index is 10.1. The van der Waals surface area contributed by atoms with Crippen LogP contribution in [0.2, 0.25) is 0 Å². The summed E-state index contributed by atoms with van der Waals surface area (Å²) in [6.45, 7) is 5.51. The van der Waals surface area contributed by atoms with Crippen molar-refractivity contribution in [2.75, 3.05) is 33.4 Å². The van der Waals surface area contributed by atoms with Crippen molar-refractivity contribution in [3.63, 3.8) is 0 Å². The van der Waals surface area contributed by atoms with Gasteiger partial charge < -0.3 is 19.5 Å². The first-order valence-electron chi connectivity index (χ1n) is 8.61. The zero-order valence-corrected chi connectivity index (χ0v) is 14.6. The first-order chi connectivity index (χ1) is 12.3. The number of rotatable bonds is 6. The lowest BCUT2D eigenvalue weighted by atomic mass is 10.1. The van der Waals surface area contributed by atoms with Crippen molar-refractivity contribution in [1.82, 2.24) is 0 Å². The highest BCUT2D eigenvalue weighted by atomic mass is 16.5. The van der Waals surface area contributed by atoms with Gasteiger partial charge in [0.25, 0.3) is 0 Å². The Morgan fingerprint density at radius 1 is 1.12 bits per heavy atom.